The summed E-state index contributed by atoms with van der Waals surface area (Å²) in [7, 11) is 0. The van der Waals surface area contributed by atoms with Crippen molar-refractivity contribution < 1.29 is 0 Å². The zero-order chi connectivity index (χ0) is 11.7. The molecule has 17 heavy (non-hydrogen) atoms. The van der Waals surface area contributed by atoms with Crippen LogP contribution in [-0.4, -0.2) is 30.6 Å². The fraction of sp³-hybridized carbons (Fsp3) is 0.714. The van der Waals surface area contributed by atoms with Crippen LogP contribution < -0.4 is 5.32 Å². The minimum atomic E-state index is 0.694. The molecule has 1 aliphatic heterocycles. The Morgan fingerprint density at radius 3 is 3.18 bits per heavy atom. The first-order valence-corrected chi connectivity index (χ1v) is 7.81. The molecule has 0 radical (unpaired) electrons. The summed E-state index contributed by atoms with van der Waals surface area (Å²) in [4.78, 5) is 4.38. The van der Waals surface area contributed by atoms with Gasteiger partial charge in [0.2, 0.25) is 0 Å². The Kier molecular flexibility index (Phi) is 3.50. The molecule has 0 amide bonds. The summed E-state index contributed by atoms with van der Waals surface area (Å²) in [6, 6.07) is 3.82. The van der Waals surface area contributed by atoms with E-state index in [1.54, 1.807) is 10.4 Å². The minimum absolute atomic E-state index is 0.694. The first-order valence-electron chi connectivity index (χ1n) is 6.93. The van der Waals surface area contributed by atoms with E-state index in [0.29, 0.717) is 6.04 Å². The van der Waals surface area contributed by atoms with Crippen molar-refractivity contribution in [1.82, 2.24) is 10.2 Å². The van der Waals surface area contributed by atoms with E-state index in [1.165, 1.54) is 45.3 Å². The standard InChI is InChI=1S/C14H22N2S/c1-2-16(11-6-8-15-10-11)13-4-3-5-14-12(13)7-9-17-14/h7,9,11,13,15H,2-6,8,10H2,1H3. The highest BCUT2D eigenvalue weighted by Crippen LogP contribution is 2.38. The Labute approximate surface area is 108 Å². The Morgan fingerprint density at radius 1 is 1.47 bits per heavy atom. The summed E-state index contributed by atoms with van der Waals surface area (Å²) in [5.74, 6) is 0. The third kappa shape index (κ3) is 2.16. The molecule has 2 nitrogen and oxygen atoms in total. The lowest BCUT2D eigenvalue weighted by Crippen LogP contribution is -2.40. The molecule has 1 aliphatic carbocycles. The first kappa shape index (κ1) is 11.7. The fourth-order valence-electron chi connectivity index (χ4n) is 3.46. The van der Waals surface area contributed by atoms with Gasteiger partial charge < -0.3 is 5.32 Å². The van der Waals surface area contributed by atoms with Crippen LogP contribution in [0.25, 0.3) is 0 Å². The number of fused-ring (bicyclic) bond motifs is 1. The molecule has 3 heteroatoms. The number of hydrogen-bond acceptors (Lipinski definition) is 3. The smallest absolute Gasteiger partial charge is 0.0362 e. The molecule has 2 unspecified atom stereocenters. The lowest BCUT2D eigenvalue weighted by atomic mass is 9.91. The number of thiophene rings is 1. The molecular formula is C14H22N2S. The molecule has 94 valence electrons. The average molecular weight is 250 g/mol. The number of nitrogens with one attached hydrogen (secondary N) is 1. The third-order valence-electron chi connectivity index (χ3n) is 4.29. The van der Waals surface area contributed by atoms with Crippen molar-refractivity contribution in [3.8, 4) is 0 Å². The van der Waals surface area contributed by atoms with Crippen LogP contribution in [0, 0.1) is 0 Å². The molecule has 1 fully saturated rings. The van der Waals surface area contributed by atoms with E-state index in [9.17, 15) is 0 Å². The van der Waals surface area contributed by atoms with Crippen LogP contribution >= 0.6 is 11.3 Å². The first-order chi connectivity index (χ1) is 8.40. The fourth-order valence-corrected chi connectivity index (χ4v) is 4.44. The number of nitrogens with zero attached hydrogens (tertiary/aromatic N) is 1. The van der Waals surface area contributed by atoms with Gasteiger partial charge in [-0.15, -0.1) is 11.3 Å². The largest absolute Gasteiger partial charge is 0.315 e. The second-order valence-electron chi connectivity index (χ2n) is 5.18. The van der Waals surface area contributed by atoms with Crippen molar-refractivity contribution in [1.29, 1.82) is 0 Å². The van der Waals surface area contributed by atoms with Crippen molar-refractivity contribution in [3.05, 3.63) is 21.9 Å². The van der Waals surface area contributed by atoms with Crippen LogP contribution in [0.1, 0.15) is 42.7 Å². The van der Waals surface area contributed by atoms with Gasteiger partial charge in [0.1, 0.15) is 0 Å². The molecular weight excluding hydrogens is 228 g/mol. The molecule has 0 saturated carbocycles. The summed E-state index contributed by atoms with van der Waals surface area (Å²) >= 11 is 1.96. The van der Waals surface area contributed by atoms with Gasteiger partial charge in [-0.2, -0.15) is 0 Å². The molecule has 1 N–H and O–H groups in total. The van der Waals surface area contributed by atoms with Crippen molar-refractivity contribution >= 4 is 11.3 Å². The number of rotatable bonds is 3. The highest BCUT2D eigenvalue weighted by molar-refractivity contribution is 7.10. The van der Waals surface area contributed by atoms with Gasteiger partial charge in [0.25, 0.3) is 0 Å². The maximum Gasteiger partial charge on any atom is 0.0362 e. The molecule has 0 bridgehead atoms. The van der Waals surface area contributed by atoms with Crippen LogP contribution in [0.3, 0.4) is 0 Å². The Hall–Kier alpha value is -0.380. The van der Waals surface area contributed by atoms with E-state index >= 15 is 0 Å². The van der Waals surface area contributed by atoms with Crippen molar-refractivity contribution in [3.63, 3.8) is 0 Å². The Morgan fingerprint density at radius 2 is 2.41 bits per heavy atom. The maximum absolute atomic E-state index is 3.50. The third-order valence-corrected chi connectivity index (χ3v) is 5.29. The molecule has 2 atom stereocenters. The summed E-state index contributed by atoms with van der Waals surface area (Å²) in [6.07, 6.45) is 5.36. The van der Waals surface area contributed by atoms with E-state index < -0.39 is 0 Å². The zero-order valence-corrected chi connectivity index (χ0v) is 11.4. The predicted molar refractivity (Wildman–Crippen MR) is 73.7 cm³/mol. The Bertz CT molecular complexity index is 368. The number of hydrogen-bond donors (Lipinski definition) is 1. The number of aryl methyl sites for hydroxylation is 1. The van der Waals surface area contributed by atoms with Gasteiger partial charge in [-0.25, -0.2) is 0 Å². The summed E-state index contributed by atoms with van der Waals surface area (Å²) in [5, 5.41) is 5.79. The zero-order valence-electron chi connectivity index (χ0n) is 10.6. The van der Waals surface area contributed by atoms with Gasteiger partial charge in [-0.3, -0.25) is 4.90 Å². The van der Waals surface area contributed by atoms with Crippen LogP contribution in [-0.2, 0) is 6.42 Å². The number of likely N-dealkylation sites (N-methyl/N-ethyl adjacent to an activating group) is 1. The lowest BCUT2D eigenvalue weighted by molar-refractivity contribution is 0.137. The highest BCUT2D eigenvalue weighted by Gasteiger charge is 2.31. The minimum Gasteiger partial charge on any atom is -0.315 e. The van der Waals surface area contributed by atoms with Gasteiger partial charge in [-0.05, 0) is 55.8 Å². The molecule has 1 saturated heterocycles. The molecule has 2 heterocycles. The molecule has 1 aromatic heterocycles. The van der Waals surface area contributed by atoms with Gasteiger partial charge >= 0.3 is 0 Å². The highest BCUT2D eigenvalue weighted by atomic mass is 32.1. The van der Waals surface area contributed by atoms with Crippen LogP contribution in [0.4, 0.5) is 0 Å². The summed E-state index contributed by atoms with van der Waals surface area (Å²) in [6.45, 7) is 5.89. The van der Waals surface area contributed by atoms with E-state index in [1.807, 2.05) is 11.3 Å². The monoisotopic (exact) mass is 250 g/mol. The van der Waals surface area contributed by atoms with E-state index in [-0.39, 0.29) is 0 Å². The topological polar surface area (TPSA) is 15.3 Å². The van der Waals surface area contributed by atoms with E-state index in [0.717, 1.165) is 6.04 Å². The van der Waals surface area contributed by atoms with Gasteiger partial charge in [0.05, 0.1) is 0 Å². The van der Waals surface area contributed by atoms with Crippen LogP contribution in [0.15, 0.2) is 11.4 Å². The lowest BCUT2D eigenvalue weighted by Gasteiger charge is -2.37. The average Bonchev–Trinajstić information content (AvgIpc) is 3.00. The van der Waals surface area contributed by atoms with Crippen molar-refractivity contribution in [2.75, 3.05) is 19.6 Å². The quantitative estimate of drug-likeness (QED) is 0.887. The molecule has 3 rings (SSSR count). The second kappa shape index (κ2) is 5.09. The SMILES string of the molecule is CCN(C1CCNC1)C1CCCc2sccc21. The van der Waals surface area contributed by atoms with Gasteiger partial charge in [0, 0.05) is 23.5 Å². The summed E-state index contributed by atoms with van der Waals surface area (Å²) in [5.41, 5.74) is 1.63. The van der Waals surface area contributed by atoms with Crippen molar-refractivity contribution in [2.24, 2.45) is 0 Å². The molecule has 0 spiro atoms. The van der Waals surface area contributed by atoms with Gasteiger partial charge in [0.15, 0.2) is 0 Å². The predicted octanol–water partition coefficient (Wildman–Crippen LogP) is 2.81. The second-order valence-corrected chi connectivity index (χ2v) is 6.18. The molecule has 1 aromatic rings. The molecule has 2 aliphatic rings. The van der Waals surface area contributed by atoms with Crippen LogP contribution in [0.5, 0.6) is 0 Å². The van der Waals surface area contributed by atoms with Crippen molar-refractivity contribution in [2.45, 2.75) is 44.7 Å². The summed E-state index contributed by atoms with van der Waals surface area (Å²) < 4.78 is 0. The molecule has 0 aromatic carbocycles. The Balaban J connectivity index is 1.83. The van der Waals surface area contributed by atoms with Gasteiger partial charge in [-0.1, -0.05) is 6.92 Å². The van der Waals surface area contributed by atoms with Crippen LogP contribution in [0.2, 0.25) is 0 Å². The van der Waals surface area contributed by atoms with E-state index in [4.69, 9.17) is 0 Å². The maximum atomic E-state index is 3.50. The van der Waals surface area contributed by atoms with E-state index in [2.05, 4.69) is 28.6 Å². The normalized spacial score (nSPS) is 28.6.